The summed E-state index contributed by atoms with van der Waals surface area (Å²) < 4.78 is 5.25. The minimum absolute atomic E-state index is 0.352. The van der Waals surface area contributed by atoms with Crippen LogP contribution in [0.2, 0.25) is 0 Å². The molecule has 2 aromatic rings. The highest BCUT2D eigenvalue weighted by Crippen LogP contribution is 2.19. The van der Waals surface area contributed by atoms with Crippen molar-refractivity contribution >= 4 is 23.1 Å². The van der Waals surface area contributed by atoms with Gasteiger partial charge in [-0.3, -0.25) is 0 Å². The number of esters is 1. The molecule has 5 nitrogen and oxygen atoms in total. The van der Waals surface area contributed by atoms with Crippen molar-refractivity contribution < 1.29 is 9.53 Å². The Balaban J connectivity index is 2.20. The topological polar surface area (TPSA) is 58.2 Å². The molecular weight excluding hydrogens is 278 g/mol. The standard InChI is InChI=1S/C17H23N3O2/c1-17(2,3)22-15(21)7-6-12-8-14-13(11-20(4)5)10-19-16(14)18-9-12/h6-10H,11H2,1-5H3,(H,18,19)/b7-6+. The Morgan fingerprint density at radius 3 is 2.77 bits per heavy atom. The van der Waals surface area contributed by atoms with E-state index in [0.29, 0.717) is 0 Å². The first kappa shape index (κ1) is 16.2. The van der Waals surface area contributed by atoms with Crippen LogP contribution in [0.5, 0.6) is 0 Å². The van der Waals surface area contributed by atoms with Crippen LogP contribution in [-0.2, 0) is 16.1 Å². The number of fused-ring (bicyclic) bond motifs is 1. The predicted octanol–water partition coefficient (Wildman–Crippen LogP) is 2.98. The fraction of sp³-hybridized carbons (Fsp3) is 0.412. The Morgan fingerprint density at radius 2 is 2.14 bits per heavy atom. The van der Waals surface area contributed by atoms with Crippen LogP contribution in [-0.4, -0.2) is 40.5 Å². The van der Waals surface area contributed by atoms with Gasteiger partial charge in [0, 0.05) is 30.4 Å². The van der Waals surface area contributed by atoms with E-state index in [1.165, 1.54) is 11.6 Å². The highest BCUT2D eigenvalue weighted by Gasteiger charge is 2.14. The average molecular weight is 301 g/mol. The fourth-order valence-electron chi connectivity index (χ4n) is 2.14. The van der Waals surface area contributed by atoms with Crippen molar-refractivity contribution in [1.29, 1.82) is 0 Å². The Morgan fingerprint density at radius 1 is 1.41 bits per heavy atom. The first-order valence-electron chi connectivity index (χ1n) is 7.26. The van der Waals surface area contributed by atoms with E-state index in [9.17, 15) is 4.79 Å². The lowest BCUT2D eigenvalue weighted by Crippen LogP contribution is -2.22. The molecule has 1 N–H and O–H groups in total. The van der Waals surface area contributed by atoms with Crippen molar-refractivity contribution in [3.05, 3.63) is 35.7 Å². The number of hydrogen-bond acceptors (Lipinski definition) is 4. The molecule has 0 bridgehead atoms. The van der Waals surface area contributed by atoms with Crippen molar-refractivity contribution in [1.82, 2.24) is 14.9 Å². The highest BCUT2D eigenvalue weighted by molar-refractivity contribution is 5.88. The largest absolute Gasteiger partial charge is 0.457 e. The molecule has 0 radical (unpaired) electrons. The number of nitrogens with zero attached hydrogens (tertiary/aromatic N) is 2. The summed E-state index contributed by atoms with van der Waals surface area (Å²) in [5, 5.41) is 1.07. The quantitative estimate of drug-likeness (QED) is 0.697. The zero-order valence-corrected chi connectivity index (χ0v) is 13.8. The third-order valence-corrected chi connectivity index (χ3v) is 2.94. The number of aromatic amines is 1. The number of ether oxygens (including phenoxy) is 1. The van der Waals surface area contributed by atoms with E-state index in [-0.39, 0.29) is 5.97 Å². The second-order valence-corrected chi connectivity index (χ2v) is 6.58. The Hall–Kier alpha value is -2.14. The molecule has 0 spiro atoms. The first-order valence-corrected chi connectivity index (χ1v) is 7.26. The number of rotatable bonds is 4. The molecule has 0 aromatic carbocycles. The van der Waals surface area contributed by atoms with E-state index in [4.69, 9.17) is 4.74 Å². The molecule has 0 amide bonds. The SMILES string of the molecule is CN(C)Cc1c[nH]c2ncc(/C=C/C(=O)OC(C)(C)C)cc12. The van der Waals surface area contributed by atoms with Crippen LogP contribution in [0, 0.1) is 0 Å². The van der Waals surface area contributed by atoms with Crippen LogP contribution in [0.1, 0.15) is 31.9 Å². The van der Waals surface area contributed by atoms with Gasteiger partial charge in [-0.05, 0) is 58.1 Å². The molecule has 2 rings (SSSR count). The van der Waals surface area contributed by atoms with E-state index in [1.54, 1.807) is 12.3 Å². The van der Waals surface area contributed by atoms with Crippen molar-refractivity contribution in [2.75, 3.05) is 14.1 Å². The molecular formula is C17H23N3O2. The molecule has 22 heavy (non-hydrogen) atoms. The summed E-state index contributed by atoms with van der Waals surface area (Å²) in [4.78, 5) is 21.4. The van der Waals surface area contributed by atoms with Gasteiger partial charge < -0.3 is 14.6 Å². The molecule has 2 heterocycles. The number of H-pyrrole nitrogens is 1. The summed E-state index contributed by atoms with van der Waals surface area (Å²) in [6, 6.07) is 2.03. The molecule has 5 heteroatoms. The van der Waals surface area contributed by atoms with Crippen LogP contribution in [0.15, 0.2) is 24.5 Å². The number of carbonyl (C=O) groups excluding carboxylic acids is 1. The Labute approximate surface area is 131 Å². The predicted molar refractivity (Wildman–Crippen MR) is 88.4 cm³/mol. The van der Waals surface area contributed by atoms with Gasteiger partial charge in [-0.2, -0.15) is 0 Å². The maximum atomic E-state index is 11.7. The van der Waals surface area contributed by atoms with Crippen molar-refractivity contribution in [2.24, 2.45) is 0 Å². The number of pyridine rings is 1. The minimum atomic E-state index is -0.483. The van der Waals surface area contributed by atoms with Crippen molar-refractivity contribution in [2.45, 2.75) is 32.9 Å². The average Bonchev–Trinajstić information content (AvgIpc) is 2.76. The number of hydrogen-bond donors (Lipinski definition) is 1. The van der Waals surface area contributed by atoms with Crippen LogP contribution < -0.4 is 0 Å². The van der Waals surface area contributed by atoms with Crippen LogP contribution in [0.4, 0.5) is 0 Å². The number of nitrogens with one attached hydrogen (secondary N) is 1. The monoisotopic (exact) mass is 301 g/mol. The lowest BCUT2D eigenvalue weighted by atomic mass is 10.1. The van der Waals surface area contributed by atoms with E-state index < -0.39 is 5.60 Å². The number of aromatic nitrogens is 2. The molecule has 2 aromatic heterocycles. The lowest BCUT2D eigenvalue weighted by molar-refractivity contribution is -0.148. The summed E-state index contributed by atoms with van der Waals surface area (Å²) in [7, 11) is 4.05. The molecule has 0 aliphatic rings. The maximum Gasteiger partial charge on any atom is 0.331 e. The first-order chi connectivity index (χ1) is 10.2. The van der Waals surface area contributed by atoms with Crippen LogP contribution >= 0.6 is 0 Å². The van der Waals surface area contributed by atoms with Gasteiger partial charge in [0.15, 0.2) is 0 Å². The molecule has 0 fully saturated rings. The smallest absolute Gasteiger partial charge is 0.331 e. The molecule has 0 aliphatic carbocycles. The van der Waals surface area contributed by atoms with E-state index in [2.05, 4.69) is 14.9 Å². The molecule has 118 valence electrons. The molecule has 0 aliphatic heterocycles. The minimum Gasteiger partial charge on any atom is -0.457 e. The van der Waals surface area contributed by atoms with E-state index >= 15 is 0 Å². The summed E-state index contributed by atoms with van der Waals surface area (Å²) in [6.07, 6.45) is 6.87. The van der Waals surface area contributed by atoms with Gasteiger partial charge in [0.05, 0.1) is 0 Å². The van der Waals surface area contributed by atoms with Crippen LogP contribution in [0.3, 0.4) is 0 Å². The van der Waals surface area contributed by atoms with Gasteiger partial charge in [0.1, 0.15) is 11.2 Å². The molecule has 0 atom stereocenters. The van der Waals surface area contributed by atoms with Gasteiger partial charge in [-0.25, -0.2) is 9.78 Å². The fourth-order valence-corrected chi connectivity index (χ4v) is 2.14. The van der Waals surface area contributed by atoms with Gasteiger partial charge in [0.25, 0.3) is 0 Å². The highest BCUT2D eigenvalue weighted by atomic mass is 16.6. The number of carbonyl (C=O) groups is 1. The van der Waals surface area contributed by atoms with Crippen molar-refractivity contribution in [3.63, 3.8) is 0 Å². The third-order valence-electron chi connectivity index (χ3n) is 2.94. The van der Waals surface area contributed by atoms with E-state index in [1.807, 2.05) is 47.1 Å². The van der Waals surface area contributed by atoms with Gasteiger partial charge >= 0.3 is 5.97 Å². The summed E-state index contributed by atoms with van der Waals surface area (Å²) in [6.45, 7) is 6.37. The second-order valence-electron chi connectivity index (χ2n) is 6.58. The molecule has 0 unspecified atom stereocenters. The Bertz CT molecular complexity index is 693. The summed E-state index contributed by atoms with van der Waals surface area (Å²) in [5.74, 6) is -0.352. The third kappa shape index (κ3) is 4.43. The van der Waals surface area contributed by atoms with E-state index in [0.717, 1.165) is 23.1 Å². The second kappa shape index (κ2) is 6.32. The maximum absolute atomic E-state index is 11.7. The molecule has 0 saturated heterocycles. The van der Waals surface area contributed by atoms with Gasteiger partial charge in [0.2, 0.25) is 0 Å². The van der Waals surface area contributed by atoms with Gasteiger partial charge in [-0.1, -0.05) is 0 Å². The normalized spacial score (nSPS) is 12.5. The van der Waals surface area contributed by atoms with Crippen LogP contribution in [0.25, 0.3) is 17.1 Å². The zero-order chi connectivity index (χ0) is 16.3. The zero-order valence-electron chi connectivity index (χ0n) is 13.8. The van der Waals surface area contributed by atoms with Gasteiger partial charge in [-0.15, -0.1) is 0 Å². The Kier molecular flexibility index (Phi) is 4.66. The van der Waals surface area contributed by atoms with Crippen molar-refractivity contribution in [3.8, 4) is 0 Å². The lowest BCUT2D eigenvalue weighted by Gasteiger charge is -2.17. The summed E-state index contributed by atoms with van der Waals surface area (Å²) >= 11 is 0. The summed E-state index contributed by atoms with van der Waals surface area (Å²) in [5.41, 5.74) is 2.42. The molecule has 0 saturated carbocycles.